The number of amides is 1. The summed E-state index contributed by atoms with van der Waals surface area (Å²) in [4.78, 5) is 13.5. The zero-order valence-corrected chi connectivity index (χ0v) is 13.2. The number of carbonyl (C=O) groups excluding carboxylic acids is 1. The van der Waals surface area contributed by atoms with E-state index in [1.807, 2.05) is 0 Å². The molecule has 2 aromatic carbocycles. The first kappa shape index (κ1) is 16.0. The van der Waals surface area contributed by atoms with Gasteiger partial charge in [0.2, 0.25) is 5.91 Å². The molecule has 1 heterocycles. The molecule has 1 aliphatic heterocycles. The minimum atomic E-state index is -1.24. The molecule has 0 spiro atoms. The molecule has 1 amide bonds. The van der Waals surface area contributed by atoms with Crippen LogP contribution in [-0.2, 0) is 4.79 Å². The number of benzene rings is 2. The Balaban J connectivity index is 1.98. The first-order valence-corrected chi connectivity index (χ1v) is 7.59. The molecule has 7 heteroatoms. The highest BCUT2D eigenvalue weighted by Crippen LogP contribution is 2.37. The van der Waals surface area contributed by atoms with Gasteiger partial charge in [-0.25, -0.2) is 13.2 Å². The lowest BCUT2D eigenvalue weighted by molar-refractivity contribution is -0.118. The lowest BCUT2D eigenvalue weighted by Crippen LogP contribution is -2.33. The number of nitrogens with zero attached hydrogens (tertiary/aromatic N) is 1. The summed E-state index contributed by atoms with van der Waals surface area (Å²) in [5.41, 5.74) is 0.0386. The molecule has 1 fully saturated rings. The second kappa shape index (κ2) is 5.98. The fraction of sp³-hybridized carbons (Fsp3) is 0.188. The molecule has 0 aliphatic carbocycles. The van der Waals surface area contributed by atoms with Crippen molar-refractivity contribution in [2.45, 2.75) is 18.6 Å². The van der Waals surface area contributed by atoms with Crippen LogP contribution in [0.2, 0.25) is 0 Å². The van der Waals surface area contributed by atoms with Crippen LogP contribution in [0, 0.1) is 17.5 Å². The summed E-state index contributed by atoms with van der Waals surface area (Å²) < 4.78 is 41.1. The Morgan fingerprint density at radius 3 is 2.57 bits per heavy atom. The minimum Gasteiger partial charge on any atom is -0.373 e. The first-order valence-electron chi connectivity index (χ1n) is 6.80. The molecule has 0 saturated carbocycles. The first-order chi connectivity index (χ1) is 10.9. The molecule has 2 atom stereocenters. The maximum Gasteiger partial charge on any atom is 0.236 e. The molecule has 3 rings (SSSR count). The Labute approximate surface area is 138 Å². The van der Waals surface area contributed by atoms with Crippen molar-refractivity contribution in [1.29, 1.82) is 0 Å². The molecule has 1 aliphatic rings. The van der Waals surface area contributed by atoms with Crippen LogP contribution < -0.4 is 4.90 Å². The van der Waals surface area contributed by atoms with Crippen molar-refractivity contribution in [3.05, 3.63) is 63.9 Å². The van der Waals surface area contributed by atoms with E-state index in [0.717, 1.165) is 17.0 Å². The minimum absolute atomic E-state index is 0.100. The standard InChI is InChI=1S/C16H11BrF3NO2/c17-11-5-4-8(6-13(11)19)21-14(22)7-10(16(21)23)9-2-1-3-12(18)15(9)20/h1-6,10,14,22H,7H2. The molecule has 120 valence electrons. The number of rotatable bonds is 2. The highest BCUT2D eigenvalue weighted by molar-refractivity contribution is 9.10. The van der Waals surface area contributed by atoms with Gasteiger partial charge in [-0.2, -0.15) is 0 Å². The lowest BCUT2D eigenvalue weighted by atomic mass is 9.96. The Morgan fingerprint density at radius 1 is 1.13 bits per heavy atom. The van der Waals surface area contributed by atoms with Gasteiger partial charge in [0.1, 0.15) is 12.0 Å². The molecule has 23 heavy (non-hydrogen) atoms. The van der Waals surface area contributed by atoms with E-state index in [1.54, 1.807) is 0 Å². The summed E-state index contributed by atoms with van der Waals surface area (Å²) in [5.74, 6) is -4.39. The Morgan fingerprint density at radius 2 is 1.87 bits per heavy atom. The van der Waals surface area contributed by atoms with Crippen LogP contribution in [-0.4, -0.2) is 17.2 Å². The summed E-state index contributed by atoms with van der Waals surface area (Å²) in [6.45, 7) is 0. The maximum atomic E-state index is 13.9. The quantitative estimate of drug-likeness (QED) is 0.855. The third-order valence-electron chi connectivity index (χ3n) is 3.82. The van der Waals surface area contributed by atoms with E-state index in [0.29, 0.717) is 0 Å². The third kappa shape index (κ3) is 2.74. The number of aliphatic hydroxyl groups excluding tert-OH is 1. The van der Waals surface area contributed by atoms with Gasteiger partial charge in [-0.3, -0.25) is 9.69 Å². The van der Waals surface area contributed by atoms with Crippen LogP contribution >= 0.6 is 15.9 Å². The van der Waals surface area contributed by atoms with Crippen LogP contribution in [0.15, 0.2) is 40.9 Å². The normalized spacial score (nSPS) is 21.1. The zero-order valence-electron chi connectivity index (χ0n) is 11.6. The number of halogens is 4. The van der Waals surface area contributed by atoms with Gasteiger partial charge < -0.3 is 5.11 Å². The summed E-state index contributed by atoms with van der Waals surface area (Å²) in [5, 5.41) is 10.1. The number of anilines is 1. The number of hydrogen-bond donors (Lipinski definition) is 1. The van der Waals surface area contributed by atoms with Crippen LogP contribution in [0.25, 0.3) is 0 Å². The second-order valence-corrected chi connectivity index (χ2v) is 6.07. The smallest absolute Gasteiger partial charge is 0.236 e. The molecule has 0 aromatic heterocycles. The summed E-state index contributed by atoms with van der Waals surface area (Å²) in [6, 6.07) is 7.51. The zero-order chi connectivity index (χ0) is 16.7. The lowest BCUT2D eigenvalue weighted by Gasteiger charge is -2.21. The molecule has 2 unspecified atom stereocenters. The van der Waals surface area contributed by atoms with Crippen molar-refractivity contribution in [2.75, 3.05) is 4.90 Å². The van der Waals surface area contributed by atoms with Crippen molar-refractivity contribution >= 4 is 27.5 Å². The molecule has 2 aromatic rings. The summed E-state index contributed by atoms with van der Waals surface area (Å²) in [6.07, 6.45) is -1.34. The maximum absolute atomic E-state index is 13.9. The van der Waals surface area contributed by atoms with Crippen LogP contribution in [0.1, 0.15) is 17.9 Å². The van der Waals surface area contributed by atoms with Crippen LogP contribution in [0.5, 0.6) is 0 Å². The topological polar surface area (TPSA) is 40.5 Å². The Kier molecular flexibility index (Phi) is 4.16. The van der Waals surface area contributed by atoms with E-state index in [4.69, 9.17) is 0 Å². The van der Waals surface area contributed by atoms with Gasteiger partial charge in [0.25, 0.3) is 0 Å². The summed E-state index contributed by atoms with van der Waals surface area (Å²) >= 11 is 3.00. The van der Waals surface area contributed by atoms with E-state index in [1.165, 1.54) is 24.3 Å². The van der Waals surface area contributed by atoms with Crippen molar-refractivity contribution in [3.8, 4) is 0 Å². The average Bonchev–Trinajstić information content (AvgIpc) is 2.80. The average molecular weight is 386 g/mol. The van der Waals surface area contributed by atoms with Crippen molar-refractivity contribution in [1.82, 2.24) is 0 Å². The summed E-state index contributed by atoms with van der Waals surface area (Å²) in [7, 11) is 0. The number of aliphatic hydroxyl groups is 1. The van der Waals surface area contributed by atoms with Gasteiger partial charge in [0, 0.05) is 17.7 Å². The fourth-order valence-corrected chi connectivity index (χ4v) is 2.96. The molecule has 0 bridgehead atoms. The fourth-order valence-electron chi connectivity index (χ4n) is 2.72. The highest BCUT2D eigenvalue weighted by Gasteiger charge is 2.41. The monoisotopic (exact) mass is 385 g/mol. The van der Waals surface area contributed by atoms with Gasteiger partial charge in [-0.05, 0) is 40.2 Å². The second-order valence-electron chi connectivity index (χ2n) is 5.22. The predicted octanol–water partition coefficient (Wildman–Crippen LogP) is 3.71. The molecular weight excluding hydrogens is 375 g/mol. The number of hydrogen-bond acceptors (Lipinski definition) is 2. The largest absolute Gasteiger partial charge is 0.373 e. The van der Waals surface area contributed by atoms with Gasteiger partial charge in [0.15, 0.2) is 11.6 Å². The van der Waals surface area contributed by atoms with E-state index >= 15 is 0 Å². The van der Waals surface area contributed by atoms with Gasteiger partial charge in [0.05, 0.1) is 10.4 Å². The van der Waals surface area contributed by atoms with Crippen molar-refractivity contribution < 1.29 is 23.1 Å². The van der Waals surface area contributed by atoms with Gasteiger partial charge in [-0.15, -0.1) is 0 Å². The SMILES string of the molecule is O=C1C(c2cccc(F)c2F)CC(O)N1c1ccc(Br)c(F)c1. The molecule has 3 nitrogen and oxygen atoms in total. The predicted molar refractivity (Wildman–Crippen MR) is 81.3 cm³/mol. The molecule has 1 saturated heterocycles. The van der Waals surface area contributed by atoms with Crippen LogP contribution in [0.4, 0.5) is 18.9 Å². The Hall–Kier alpha value is -1.86. The third-order valence-corrected chi connectivity index (χ3v) is 4.46. The van der Waals surface area contributed by atoms with E-state index in [9.17, 15) is 23.1 Å². The van der Waals surface area contributed by atoms with Crippen LogP contribution in [0.3, 0.4) is 0 Å². The molecular formula is C16H11BrF3NO2. The van der Waals surface area contributed by atoms with E-state index in [-0.39, 0.29) is 22.1 Å². The highest BCUT2D eigenvalue weighted by atomic mass is 79.9. The van der Waals surface area contributed by atoms with Gasteiger partial charge in [-0.1, -0.05) is 12.1 Å². The van der Waals surface area contributed by atoms with Crippen molar-refractivity contribution in [3.63, 3.8) is 0 Å². The molecule has 0 radical (unpaired) electrons. The van der Waals surface area contributed by atoms with E-state index in [2.05, 4.69) is 15.9 Å². The number of carbonyl (C=O) groups is 1. The van der Waals surface area contributed by atoms with Crippen molar-refractivity contribution in [2.24, 2.45) is 0 Å². The molecule has 1 N–H and O–H groups in total. The Bertz CT molecular complexity index is 784. The van der Waals surface area contributed by atoms with E-state index < -0.39 is 35.5 Å². The van der Waals surface area contributed by atoms with Gasteiger partial charge >= 0.3 is 0 Å².